The molecule has 0 saturated carbocycles. The highest BCUT2D eigenvalue weighted by atomic mass is 32.2. The lowest BCUT2D eigenvalue weighted by molar-refractivity contribution is -0.343. The van der Waals surface area contributed by atoms with Gasteiger partial charge in [0.1, 0.15) is 0 Å². The van der Waals surface area contributed by atoms with Crippen molar-refractivity contribution in [2.45, 2.75) is 29.9 Å². The highest BCUT2D eigenvalue weighted by Crippen LogP contribution is 2.54. The zero-order valence-electron chi connectivity index (χ0n) is 8.66. The second-order valence-corrected chi connectivity index (χ2v) is 4.93. The molecule has 0 rings (SSSR count). The number of halogens is 8. The van der Waals surface area contributed by atoms with Crippen molar-refractivity contribution < 1.29 is 47.7 Å². The summed E-state index contributed by atoms with van der Waals surface area (Å²) in [5, 5.41) is -6.53. The van der Waals surface area contributed by atoms with Crippen molar-refractivity contribution in [2.75, 3.05) is 7.11 Å². The van der Waals surface area contributed by atoms with Crippen molar-refractivity contribution in [3.8, 4) is 0 Å². The molecule has 0 radical (unpaired) electrons. The van der Waals surface area contributed by atoms with Gasteiger partial charge in [-0.25, -0.2) is 0 Å². The maximum atomic E-state index is 12.7. The van der Waals surface area contributed by atoms with Crippen LogP contribution in [0.4, 0.5) is 35.1 Å². The first-order chi connectivity index (χ1) is 7.56. The van der Waals surface area contributed by atoms with Crippen LogP contribution in [0.1, 0.15) is 6.92 Å². The Labute approximate surface area is 95.8 Å². The van der Waals surface area contributed by atoms with Gasteiger partial charge in [0.05, 0.1) is 7.11 Å². The SMILES string of the molecule is COS(=O)(=O)C(F)(F)C(F)(F)C(F)(F)C(C)(F)F. The Kier molecular flexibility index (Phi) is 4.03. The van der Waals surface area contributed by atoms with Crippen LogP contribution < -0.4 is 0 Å². The summed E-state index contributed by atoms with van der Waals surface area (Å²) in [4.78, 5) is 0. The van der Waals surface area contributed by atoms with Gasteiger partial charge in [-0.2, -0.15) is 43.5 Å². The topological polar surface area (TPSA) is 43.4 Å². The molecule has 0 aromatic heterocycles. The van der Waals surface area contributed by atoms with E-state index in [9.17, 15) is 43.5 Å². The molecule has 0 aliphatic rings. The highest BCUT2D eigenvalue weighted by molar-refractivity contribution is 7.87. The summed E-state index contributed by atoms with van der Waals surface area (Å²) < 4.78 is 124. The molecule has 3 nitrogen and oxygen atoms in total. The van der Waals surface area contributed by atoms with E-state index in [1.807, 2.05) is 0 Å². The van der Waals surface area contributed by atoms with Crippen LogP contribution in [-0.2, 0) is 14.3 Å². The van der Waals surface area contributed by atoms with Gasteiger partial charge in [-0.1, -0.05) is 0 Å². The fourth-order valence-corrected chi connectivity index (χ4v) is 1.37. The standard InChI is InChI=1S/C6H6F8O3S/c1-3(7,8)4(9,10)5(11,12)6(13,14)18(15,16)17-2/h1-2H3. The molecule has 0 aromatic rings. The van der Waals surface area contributed by atoms with Crippen LogP contribution in [0.3, 0.4) is 0 Å². The molecular weight excluding hydrogens is 304 g/mol. The number of alkyl halides is 8. The summed E-state index contributed by atoms with van der Waals surface area (Å²) in [5.41, 5.74) is 0. The van der Waals surface area contributed by atoms with E-state index in [1.165, 1.54) is 0 Å². The molecule has 0 heterocycles. The maximum Gasteiger partial charge on any atom is 0.438 e. The third-order valence-corrected chi connectivity index (χ3v) is 3.17. The molecule has 110 valence electrons. The molecule has 0 N–H and O–H groups in total. The second kappa shape index (κ2) is 4.18. The Bertz CT molecular complexity index is 409. The molecule has 0 amide bonds. The molecule has 0 aromatic carbocycles. The Morgan fingerprint density at radius 1 is 0.833 bits per heavy atom. The molecule has 0 atom stereocenters. The predicted molar refractivity (Wildman–Crippen MR) is 41.4 cm³/mol. The Hall–Kier alpha value is -0.650. The van der Waals surface area contributed by atoms with Gasteiger partial charge >= 0.3 is 33.1 Å². The van der Waals surface area contributed by atoms with Gasteiger partial charge in [-0.15, -0.1) is 0 Å². The molecule has 12 heteroatoms. The molecule has 0 bridgehead atoms. The van der Waals surface area contributed by atoms with Gasteiger partial charge < -0.3 is 0 Å². The fraction of sp³-hybridized carbons (Fsp3) is 1.00. The zero-order valence-corrected chi connectivity index (χ0v) is 9.47. The number of rotatable bonds is 5. The van der Waals surface area contributed by atoms with Crippen molar-refractivity contribution >= 4 is 10.1 Å². The van der Waals surface area contributed by atoms with Gasteiger partial charge in [0.15, 0.2) is 0 Å². The summed E-state index contributed by atoms with van der Waals surface area (Å²) in [6, 6.07) is 0. The lowest BCUT2D eigenvalue weighted by Crippen LogP contribution is -2.63. The third-order valence-electron chi connectivity index (χ3n) is 1.84. The zero-order chi connectivity index (χ0) is 15.2. The minimum atomic E-state index is -6.87. The summed E-state index contributed by atoms with van der Waals surface area (Å²) in [6.45, 7) is -0.754. The van der Waals surface area contributed by atoms with Crippen LogP contribution in [0, 0.1) is 0 Å². The lowest BCUT2D eigenvalue weighted by atomic mass is 10.1. The van der Waals surface area contributed by atoms with E-state index in [0.29, 0.717) is 0 Å². The summed E-state index contributed by atoms with van der Waals surface area (Å²) in [5.74, 6) is -19.1. The van der Waals surface area contributed by atoms with E-state index in [0.717, 1.165) is 0 Å². The number of hydrogen-bond acceptors (Lipinski definition) is 3. The molecule has 0 aliphatic heterocycles. The van der Waals surface area contributed by atoms with Crippen LogP contribution in [-0.4, -0.2) is 38.5 Å². The average molecular weight is 310 g/mol. The molecular formula is C6H6F8O3S. The molecule has 0 aliphatic carbocycles. The molecule has 0 saturated heterocycles. The third kappa shape index (κ3) is 2.15. The quantitative estimate of drug-likeness (QED) is 0.579. The van der Waals surface area contributed by atoms with Gasteiger partial charge in [-0.3, -0.25) is 4.18 Å². The van der Waals surface area contributed by atoms with Crippen molar-refractivity contribution in [1.29, 1.82) is 0 Å². The minimum absolute atomic E-state index is 0.0123. The normalized spacial score (nSPS) is 15.9. The second-order valence-electron chi connectivity index (χ2n) is 3.17. The summed E-state index contributed by atoms with van der Waals surface area (Å²) in [6.07, 6.45) is 0. The van der Waals surface area contributed by atoms with E-state index < -0.39 is 40.1 Å². The van der Waals surface area contributed by atoms with Crippen molar-refractivity contribution in [3.63, 3.8) is 0 Å². The first kappa shape index (κ1) is 17.4. The largest absolute Gasteiger partial charge is 0.438 e. The Morgan fingerprint density at radius 2 is 1.17 bits per heavy atom. The molecule has 0 fully saturated rings. The van der Waals surface area contributed by atoms with Gasteiger partial charge in [0.2, 0.25) is 0 Å². The van der Waals surface area contributed by atoms with Crippen LogP contribution in [0.2, 0.25) is 0 Å². The molecule has 0 spiro atoms. The van der Waals surface area contributed by atoms with Crippen LogP contribution in [0.15, 0.2) is 0 Å². The number of hydrogen-bond donors (Lipinski definition) is 0. The lowest BCUT2D eigenvalue weighted by Gasteiger charge is -2.34. The van der Waals surface area contributed by atoms with E-state index in [1.54, 1.807) is 0 Å². The molecule has 18 heavy (non-hydrogen) atoms. The predicted octanol–water partition coefficient (Wildman–Crippen LogP) is 2.48. The van der Waals surface area contributed by atoms with Crippen molar-refractivity contribution in [1.82, 2.24) is 0 Å². The Balaban J connectivity index is 5.96. The monoisotopic (exact) mass is 310 g/mol. The van der Waals surface area contributed by atoms with Gasteiger partial charge in [0, 0.05) is 6.92 Å². The smallest absolute Gasteiger partial charge is 0.269 e. The Morgan fingerprint density at radius 3 is 1.39 bits per heavy atom. The van der Waals surface area contributed by atoms with Crippen LogP contribution in [0.5, 0.6) is 0 Å². The minimum Gasteiger partial charge on any atom is -0.269 e. The first-order valence-electron chi connectivity index (χ1n) is 3.87. The van der Waals surface area contributed by atoms with Crippen molar-refractivity contribution in [3.05, 3.63) is 0 Å². The first-order valence-corrected chi connectivity index (χ1v) is 5.28. The van der Waals surface area contributed by atoms with Gasteiger partial charge in [0.25, 0.3) is 0 Å². The summed E-state index contributed by atoms with van der Waals surface area (Å²) >= 11 is 0. The van der Waals surface area contributed by atoms with E-state index in [-0.39, 0.29) is 7.11 Å². The fourth-order valence-electron chi connectivity index (χ4n) is 0.720. The average Bonchev–Trinajstić information content (AvgIpc) is 2.15. The van der Waals surface area contributed by atoms with Gasteiger partial charge in [-0.05, 0) is 0 Å². The summed E-state index contributed by atoms with van der Waals surface area (Å²) in [7, 11) is -6.51. The van der Waals surface area contributed by atoms with Crippen LogP contribution in [0.25, 0.3) is 0 Å². The van der Waals surface area contributed by atoms with E-state index in [2.05, 4.69) is 4.18 Å². The maximum absolute atomic E-state index is 12.7. The van der Waals surface area contributed by atoms with Crippen LogP contribution >= 0.6 is 0 Å². The van der Waals surface area contributed by atoms with E-state index >= 15 is 0 Å². The van der Waals surface area contributed by atoms with E-state index in [4.69, 9.17) is 0 Å². The van der Waals surface area contributed by atoms with Crippen molar-refractivity contribution in [2.24, 2.45) is 0 Å². The molecule has 0 unspecified atom stereocenters. The highest BCUT2D eigenvalue weighted by Gasteiger charge is 2.83.